The Kier molecular flexibility index (Phi) is 2.62. The van der Waals surface area contributed by atoms with Gasteiger partial charge < -0.3 is 0 Å². The van der Waals surface area contributed by atoms with E-state index in [0.717, 1.165) is 25.9 Å². The van der Waals surface area contributed by atoms with Crippen molar-refractivity contribution >= 4 is 37.1 Å². The first-order valence-electron chi connectivity index (χ1n) is 5.35. The molecule has 17 heavy (non-hydrogen) atoms. The Bertz CT molecular complexity index is 688. The quantitative estimate of drug-likeness (QED) is 0.633. The van der Waals surface area contributed by atoms with E-state index >= 15 is 0 Å². The summed E-state index contributed by atoms with van der Waals surface area (Å²) in [6.45, 7) is 0. The first-order valence-corrected chi connectivity index (χ1v) is 6.77. The average molecular weight is 327 g/mol. The van der Waals surface area contributed by atoms with Crippen molar-refractivity contribution in [3.63, 3.8) is 0 Å². The fraction of sp³-hybridized carbons (Fsp3) is 0.0769. The van der Waals surface area contributed by atoms with Crippen LogP contribution in [0, 0.1) is 0 Å². The Hall–Kier alpha value is -1.36. The summed E-state index contributed by atoms with van der Waals surface area (Å²) in [7, 11) is 1.95. The van der Waals surface area contributed by atoms with Crippen molar-refractivity contribution in [1.29, 1.82) is 0 Å². The first-order chi connectivity index (χ1) is 8.24. The summed E-state index contributed by atoms with van der Waals surface area (Å²) in [4.78, 5) is 4.57. The molecule has 81 valence electrons. The van der Waals surface area contributed by atoms with Crippen LogP contribution in [0.3, 0.4) is 0 Å². The molecule has 0 N–H and O–H groups in total. The number of rotatable bonds is 1. The number of benzene rings is 1. The summed E-state index contributed by atoms with van der Waals surface area (Å²) < 4.78 is 3.01. The van der Waals surface area contributed by atoms with Crippen LogP contribution in [0.2, 0.25) is 0 Å². The molecule has 2 heterocycles. The molecule has 3 rings (SSSR count). The first kappa shape index (κ1) is 10.8. The molecule has 2 aromatic heterocycles. The van der Waals surface area contributed by atoms with E-state index in [1.54, 1.807) is 0 Å². The second-order valence-corrected chi connectivity index (χ2v) is 5.41. The van der Waals surface area contributed by atoms with Crippen LogP contribution in [0.25, 0.3) is 22.2 Å². The van der Waals surface area contributed by atoms with Gasteiger partial charge in [-0.25, -0.2) is 0 Å². The SMILES string of the molecule is Cn1ncc2cc(-c3ccc[c]([Sn])n3)ccc21. The van der Waals surface area contributed by atoms with Gasteiger partial charge in [-0.3, -0.25) is 0 Å². The van der Waals surface area contributed by atoms with Gasteiger partial charge in [-0.15, -0.1) is 0 Å². The van der Waals surface area contributed by atoms with E-state index in [2.05, 4.69) is 34.3 Å². The van der Waals surface area contributed by atoms with Gasteiger partial charge in [0, 0.05) is 0 Å². The Labute approximate surface area is 113 Å². The number of fused-ring (bicyclic) bond motifs is 1. The molecule has 0 atom stereocenters. The maximum atomic E-state index is 4.57. The van der Waals surface area contributed by atoms with E-state index in [-0.39, 0.29) is 0 Å². The van der Waals surface area contributed by atoms with Gasteiger partial charge in [0.1, 0.15) is 0 Å². The van der Waals surface area contributed by atoms with E-state index in [0.29, 0.717) is 0 Å². The number of pyridine rings is 1. The normalized spacial score (nSPS) is 10.9. The molecule has 0 aliphatic rings. The predicted octanol–water partition coefficient (Wildman–Crippen LogP) is 1.43. The van der Waals surface area contributed by atoms with Crippen molar-refractivity contribution in [3.8, 4) is 11.3 Å². The molecule has 0 aliphatic carbocycles. The van der Waals surface area contributed by atoms with Crippen molar-refractivity contribution < 1.29 is 0 Å². The van der Waals surface area contributed by atoms with E-state index < -0.39 is 0 Å². The zero-order chi connectivity index (χ0) is 11.8. The van der Waals surface area contributed by atoms with Gasteiger partial charge in [0.25, 0.3) is 0 Å². The molecular weight excluding hydrogens is 317 g/mol. The number of hydrogen-bond acceptors (Lipinski definition) is 2. The monoisotopic (exact) mass is 328 g/mol. The zero-order valence-electron chi connectivity index (χ0n) is 9.38. The maximum absolute atomic E-state index is 4.57. The summed E-state index contributed by atoms with van der Waals surface area (Å²) in [5.74, 6) is 0. The zero-order valence-corrected chi connectivity index (χ0v) is 12.2. The second kappa shape index (κ2) is 4.14. The Morgan fingerprint density at radius 1 is 1.18 bits per heavy atom. The molecule has 0 spiro atoms. The van der Waals surface area contributed by atoms with Crippen LogP contribution in [-0.4, -0.2) is 37.3 Å². The molecule has 4 heteroatoms. The van der Waals surface area contributed by atoms with Gasteiger partial charge >= 0.3 is 113 Å². The third kappa shape index (κ3) is 1.95. The van der Waals surface area contributed by atoms with Crippen LogP contribution < -0.4 is 3.71 Å². The standard InChI is InChI=1S/C13H10N3.Sn/c1-16-13-6-5-10(8-11(13)9-15-16)12-4-2-3-7-14-12;/h2-6,8-9H,1H3;. The van der Waals surface area contributed by atoms with Gasteiger partial charge in [0.15, 0.2) is 0 Å². The Morgan fingerprint density at radius 3 is 2.88 bits per heavy atom. The molecule has 3 aromatic rings. The van der Waals surface area contributed by atoms with E-state index in [4.69, 9.17) is 0 Å². The summed E-state index contributed by atoms with van der Waals surface area (Å²) in [5, 5.41) is 5.40. The van der Waals surface area contributed by atoms with Crippen molar-refractivity contribution in [2.24, 2.45) is 7.05 Å². The van der Waals surface area contributed by atoms with Crippen molar-refractivity contribution in [1.82, 2.24) is 14.8 Å². The van der Waals surface area contributed by atoms with Crippen LogP contribution in [0.4, 0.5) is 0 Å². The number of aromatic nitrogens is 3. The fourth-order valence-electron chi connectivity index (χ4n) is 1.92. The molecule has 0 fully saturated rings. The molecule has 0 saturated carbocycles. The molecule has 1 aromatic carbocycles. The summed E-state index contributed by atoms with van der Waals surface area (Å²) in [5.41, 5.74) is 3.33. The molecule has 3 radical (unpaired) electrons. The number of nitrogens with zero attached hydrogens (tertiary/aromatic N) is 3. The minimum atomic E-state index is 1.03. The van der Waals surface area contributed by atoms with Crippen molar-refractivity contribution in [2.45, 2.75) is 0 Å². The molecule has 0 saturated heterocycles. The van der Waals surface area contributed by atoms with Crippen LogP contribution in [0.5, 0.6) is 0 Å². The van der Waals surface area contributed by atoms with E-state index in [1.807, 2.05) is 30.1 Å². The van der Waals surface area contributed by atoms with Gasteiger partial charge in [0.05, 0.1) is 0 Å². The van der Waals surface area contributed by atoms with Gasteiger partial charge in [-0.05, 0) is 0 Å². The van der Waals surface area contributed by atoms with Crippen LogP contribution in [0.15, 0.2) is 42.6 Å². The van der Waals surface area contributed by atoms with Crippen LogP contribution in [0.1, 0.15) is 0 Å². The van der Waals surface area contributed by atoms with Crippen LogP contribution in [-0.2, 0) is 7.05 Å². The van der Waals surface area contributed by atoms with E-state index in [1.165, 1.54) is 22.5 Å². The number of aryl methyl sites for hydroxylation is 1. The molecule has 0 unspecified atom stereocenters. The van der Waals surface area contributed by atoms with Crippen molar-refractivity contribution in [3.05, 3.63) is 42.6 Å². The summed E-state index contributed by atoms with van der Waals surface area (Å²) >= 11 is 1.34. The van der Waals surface area contributed by atoms with Gasteiger partial charge in [-0.2, -0.15) is 0 Å². The van der Waals surface area contributed by atoms with Crippen molar-refractivity contribution in [2.75, 3.05) is 0 Å². The Morgan fingerprint density at radius 2 is 2.06 bits per heavy atom. The molecule has 0 amide bonds. The topological polar surface area (TPSA) is 30.7 Å². The molecular formula is C13H10N3Sn. The third-order valence-electron chi connectivity index (χ3n) is 2.79. The average Bonchev–Trinajstić information content (AvgIpc) is 2.71. The molecule has 3 nitrogen and oxygen atoms in total. The Balaban J connectivity index is 2.18. The fourth-order valence-corrected chi connectivity index (χ4v) is 2.54. The minimum absolute atomic E-state index is 1.03. The second-order valence-electron chi connectivity index (χ2n) is 3.95. The van der Waals surface area contributed by atoms with Gasteiger partial charge in [0.2, 0.25) is 0 Å². The predicted molar refractivity (Wildman–Crippen MR) is 69.3 cm³/mol. The van der Waals surface area contributed by atoms with Crippen LogP contribution >= 0.6 is 0 Å². The van der Waals surface area contributed by atoms with E-state index in [9.17, 15) is 0 Å². The third-order valence-corrected chi connectivity index (χ3v) is 3.59. The number of hydrogen-bond donors (Lipinski definition) is 0. The molecule has 0 bridgehead atoms. The van der Waals surface area contributed by atoms with Gasteiger partial charge in [-0.1, -0.05) is 0 Å². The molecule has 0 aliphatic heterocycles. The summed E-state index contributed by atoms with van der Waals surface area (Å²) in [6.07, 6.45) is 1.89. The summed E-state index contributed by atoms with van der Waals surface area (Å²) in [6, 6.07) is 12.5.